The largest absolute Gasteiger partial charge is 0.494 e. The second-order valence-corrected chi connectivity index (χ2v) is 7.08. The number of nitrogens with zero attached hydrogens (tertiary/aromatic N) is 1. The van der Waals surface area contributed by atoms with Crippen LogP contribution in [-0.4, -0.2) is 30.5 Å². The number of hydrazone groups is 1. The minimum atomic E-state index is -0.487. The van der Waals surface area contributed by atoms with E-state index in [1.165, 1.54) is 0 Å². The summed E-state index contributed by atoms with van der Waals surface area (Å²) in [6.07, 6.45) is 1.60. The molecule has 8 heteroatoms. The predicted molar refractivity (Wildman–Crippen MR) is 134 cm³/mol. The lowest BCUT2D eigenvalue weighted by Crippen LogP contribution is -2.23. The number of nitrogens with one attached hydrogen (secondary N) is 2. The average molecular weight is 464 g/mol. The molecule has 3 rings (SSSR count). The number of esters is 1. The van der Waals surface area contributed by atoms with Gasteiger partial charge in [-0.25, -0.2) is 4.79 Å². The van der Waals surface area contributed by atoms with E-state index in [0.29, 0.717) is 41.1 Å². The number of anilines is 1. The fourth-order valence-electron chi connectivity index (χ4n) is 2.82. The summed E-state index contributed by atoms with van der Waals surface area (Å²) in [5.74, 6) is 0.965. The molecule has 0 aromatic heterocycles. The first-order chi connectivity index (χ1) is 16.1. The first-order valence-corrected chi connectivity index (χ1v) is 10.9. The molecule has 0 radical (unpaired) electrons. The van der Waals surface area contributed by atoms with E-state index in [2.05, 4.69) is 15.8 Å². The van der Waals surface area contributed by atoms with Crippen LogP contribution in [0.2, 0.25) is 0 Å². The molecule has 0 heterocycles. The Kier molecular flexibility index (Phi) is 8.79. The predicted octanol–water partition coefficient (Wildman–Crippen LogP) is 5.02. The molecule has 0 amide bonds. The van der Waals surface area contributed by atoms with Crippen LogP contribution < -0.4 is 25.0 Å². The average Bonchev–Trinajstić information content (AvgIpc) is 2.82. The molecule has 0 fully saturated rings. The number of hydrogen-bond acceptors (Lipinski definition) is 6. The van der Waals surface area contributed by atoms with Crippen molar-refractivity contribution in [3.63, 3.8) is 0 Å². The van der Waals surface area contributed by atoms with Gasteiger partial charge in [-0.15, -0.1) is 0 Å². The van der Waals surface area contributed by atoms with Gasteiger partial charge >= 0.3 is 5.97 Å². The van der Waals surface area contributed by atoms with Crippen LogP contribution in [0.3, 0.4) is 0 Å². The summed E-state index contributed by atoms with van der Waals surface area (Å²) >= 11 is 5.23. The Morgan fingerprint density at radius 2 is 1.67 bits per heavy atom. The van der Waals surface area contributed by atoms with E-state index < -0.39 is 5.97 Å². The number of ether oxygens (including phenoxy) is 3. The zero-order chi connectivity index (χ0) is 23.5. The van der Waals surface area contributed by atoms with E-state index in [-0.39, 0.29) is 0 Å². The van der Waals surface area contributed by atoms with Gasteiger partial charge in [-0.1, -0.05) is 18.2 Å². The Bertz CT molecular complexity index is 1100. The molecule has 2 N–H and O–H groups in total. The first kappa shape index (κ1) is 23.7. The monoisotopic (exact) mass is 463 g/mol. The summed E-state index contributed by atoms with van der Waals surface area (Å²) < 4.78 is 16.6. The molecule has 0 bridgehead atoms. The van der Waals surface area contributed by atoms with Crippen LogP contribution in [0, 0.1) is 0 Å². The fourth-order valence-corrected chi connectivity index (χ4v) is 2.99. The van der Waals surface area contributed by atoms with Gasteiger partial charge in [0.2, 0.25) is 0 Å². The summed E-state index contributed by atoms with van der Waals surface area (Å²) in [6.45, 7) is 4.73. The minimum Gasteiger partial charge on any atom is -0.494 e. The summed E-state index contributed by atoms with van der Waals surface area (Å²) in [6, 6.07) is 21.5. The lowest BCUT2D eigenvalue weighted by Gasteiger charge is -2.12. The second kappa shape index (κ2) is 12.2. The topological polar surface area (TPSA) is 81.2 Å². The Morgan fingerprint density at radius 1 is 0.939 bits per heavy atom. The lowest BCUT2D eigenvalue weighted by atomic mass is 10.2. The zero-order valence-corrected chi connectivity index (χ0v) is 19.2. The molecular formula is C25H25N3O4S. The molecule has 3 aromatic carbocycles. The van der Waals surface area contributed by atoms with E-state index >= 15 is 0 Å². The van der Waals surface area contributed by atoms with Gasteiger partial charge in [-0.3, -0.25) is 5.43 Å². The van der Waals surface area contributed by atoms with Gasteiger partial charge in [-0.05, 0) is 86.2 Å². The second-order valence-electron chi connectivity index (χ2n) is 6.68. The van der Waals surface area contributed by atoms with Crippen molar-refractivity contribution in [1.29, 1.82) is 0 Å². The van der Waals surface area contributed by atoms with E-state index in [1.807, 2.05) is 44.2 Å². The van der Waals surface area contributed by atoms with Crippen LogP contribution in [0.5, 0.6) is 17.2 Å². The number of benzene rings is 3. The maximum absolute atomic E-state index is 12.5. The van der Waals surface area contributed by atoms with Crippen LogP contribution >= 0.6 is 12.2 Å². The molecule has 33 heavy (non-hydrogen) atoms. The molecule has 0 saturated carbocycles. The highest BCUT2D eigenvalue weighted by Crippen LogP contribution is 2.29. The minimum absolute atomic E-state index is 0.321. The highest BCUT2D eigenvalue weighted by molar-refractivity contribution is 7.80. The van der Waals surface area contributed by atoms with Crippen LogP contribution in [0.25, 0.3) is 0 Å². The molecule has 0 aliphatic rings. The maximum Gasteiger partial charge on any atom is 0.343 e. The summed E-state index contributed by atoms with van der Waals surface area (Å²) in [7, 11) is 0. The maximum atomic E-state index is 12.5. The van der Waals surface area contributed by atoms with Crippen LogP contribution in [0.4, 0.5) is 5.69 Å². The van der Waals surface area contributed by atoms with Gasteiger partial charge in [0.15, 0.2) is 16.6 Å². The quantitative estimate of drug-likeness (QED) is 0.152. The normalized spacial score (nSPS) is 10.5. The van der Waals surface area contributed by atoms with Crippen molar-refractivity contribution in [1.82, 2.24) is 5.43 Å². The standard InChI is InChI=1S/C25H25N3O4S/c1-3-30-21-13-11-19(12-14-21)24(29)32-22-15-10-18(16-23(22)31-4-2)17-26-28-25(33)27-20-8-6-5-7-9-20/h5-17H,3-4H2,1-2H3,(H2,27,28,33). The first-order valence-electron chi connectivity index (χ1n) is 10.5. The van der Waals surface area contributed by atoms with E-state index in [1.54, 1.807) is 48.7 Å². The van der Waals surface area contributed by atoms with Gasteiger partial charge in [0.25, 0.3) is 0 Å². The Balaban J connectivity index is 1.63. The van der Waals surface area contributed by atoms with E-state index in [4.69, 9.17) is 26.4 Å². The summed E-state index contributed by atoms with van der Waals surface area (Å²) in [5.41, 5.74) is 4.79. The lowest BCUT2D eigenvalue weighted by molar-refractivity contribution is 0.0728. The van der Waals surface area contributed by atoms with E-state index in [0.717, 1.165) is 11.3 Å². The highest BCUT2D eigenvalue weighted by Gasteiger charge is 2.13. The van der Waals surface area contributed by atoms with Gasteiger partial charge in [0, 0.05) is 5.69 Å². The van der Waals surface area contributed by atoms with Crippen LogP contribution in [0.1, 0.15) is 29.8 Å². The molecule has 0 saturated heterocycles. The number of para-hydroxylation sites is 1. The SMILES string of the molecule is CCOc1ccc(C(=O)Oc2ccc(C=NNC(=S)Nc3ccccc3)cc2OCC)cc1. The van der Waals surface area contributed by atoms with Gasteiger partial charge in [0.1, 0.15) is 5.75 Å². The smallest absolute Gasteiger partial charge is 0.343 e. The van der Waals surface area contributed by atoms with Crippen molar-refractivity contribution in [2.75, 3.05) is 18.5 Å². The van der Waals surface area contributed by atoms with E-state index in [9.17, 15) is 4.79 Å². The van der Waals surface area contributed by atoms with Gasteiger partial charge in [0.05, 0.1) is 25.0 Å². The fraction of sp³-hybridized carbons (Fsp3) is 0.160. The Hall–Kier alpha value is -3.91. The highest BCUT2D eigenvalue weighted by atomic mass is 32.1. The van der Waals surface area contributed by atoms with Crippen molar-refractivity contribution in [2.45, 2.75) is 13.8 Å². The summed E-state index contributed by atoms with van der Waals surface area (Å²) in [4.78, 5) is 12.5. The van der Waals surface area contributed by atoms with Crippen molar-refractivity contribution in [3.8, 4) is 17.2 Å². The van der Waals surface area contributed by atoms with Crippen molar-refractivity contribution in [2.24, 2.45) is 5.10 Å². The molecule has 0 aliphatic carbocycles. The molecule has 0 atom stereocenters. The van der Waals surface area contributed by atoms with Crippen LogP contribution in [0.15, 0.2) is 77.9 Å². The number of carbonyl (C=O) groups excluding carboxylic acids is 1. The molecule has 0 unspecified atom stereocenters. The van der Waals surface area contributed by atoms with Crippen molar-refractivity contribution >= 4 is 35.2 Å². The van der Waals surface area contributed by atoms with Gasteiger partial charge < -0.3 is 19.5 Å². The third kappa shape index (κ3) is 7.33. The molecule has 0 spiro atoms. The number of thiocarbonyl (C=S) groups is 1. The van der Waals surface area contributed by atoms with Crippen LogP contribution in [-0.2, 0) is 0 Å². The Morgan fingerprint density at radius 3 is 2.36 bits per heavy atom. The molecular weight excluding hydrogens is 438 g/mol. The molecule has 3 aromatic rings. The zero-order valence-electron chi connectivity index (χ0n) is 18.4. The molecule has 0 aliphatic heterocycles. The third-order valence-electron chi connectivity index (χ3n) is 4.28. The molecule has 7 nitrogen and oxygen atoms in total. The third-order valence-corrected chi connectivity index (χ3v) is 4.48. The van der Waals surface area contributed by atoms with Crippen molar-refractivity contribution in [3.05, 3.63) is 83.9 Å². The number of carbonyl (C=O) groups is 1. The van der Waals surface area contributed by atoms with Crippen molar-refractivity contribution < 1.29 is 19.0 Å². The molecule has 170 valence electrons. The number of hydrogen-bond donors (Lipinski definition) is 2. The van der Waals surface area contributed by atoms with Gasteiger partial charge in [-0.2, -0.15) is 5.10 Å². The Labute approximate surface area is 198 Å². The summed E-state index contributed by atoms with van der Waals surface area (Å²) in [5, 5.41) is 7.54. The number of rotatable bonds is 9.